The Bertz CT molecular complexity index is 1040. The Kier molecular flexibility index (Phi) is 6.33. The van der Waals surface area contributed by atoms with Crippen LogP contribution in [0.3, 0.4) is 0 Å². The fraction of sp³-hybridized carbons (Fsp3) is 0.263. The van der Waals surface area contributed by atoms with E-state index in [0.717, 1.165) is 0 Å². The highest BCUT2D eigenvalue weighted by Gasteiger charge is 2.24. The zero-order chi connectivity index (χ0) is 20.1. The van der Waals surface area contributed by atoms with Gasteiger partial charge in [-0.05, 0) is 36.8 Å². The van der Waals surface area contributed by atoms with E-state index in [-0.39, 0.29) is 18.0 Å². The number of likely N-dealkylation sites (N-methyl/N-ethyl adjacent to an activating group) is 1. The number of aromatic nitrogens is 2. The molecule has 0 radical (unpaired) electrons. The predicted molar refractivity (Wildman–Crippen MR) is 105 cm³/mol. The van der Waals surface area contributed by atoms with Crippen molar-refractivity contribution in [3.05, 3.63) is 70.8 Å². The zero-order valence-electron chi connectivity index (χ0n) is 15.5. The number of ether oxygens (including phenoxy) is 1. The first kappa shape index (κ1) is 20.3. The van der Waals surface area contributed by atoms with Crippen LogP contribution in [0.2, 0.25) is 5.02 Å². The third-order valence-electron chi connectivity index (χ3n) is 4.17. The van der Waals surface area contributed by atoms with Crippen LogP contribution in [0.1, 0.15) is 17.3 Å². The van der Waals surface area contributed by atoms with Gasteiger partial charge in [0.1, 0.15) is 5.75 Å². The van der Waals surface area contributed by atoms with Gasteiger partial charge in [-0.1, -0.05) is 41.0 Å². The van der Waals surface area contributed by atoms with Gasteiger partial charge in [0, 0.05) is 25.0 Å². The quantitative estimate of drug-likeness (QED) is 0.553. The summed E-state index contributed by atoms with van der Waals surface area (Å²) in [6, 6.07) is 14.1. The number of para-hydroxylation sites is 1. The summed E-state index contributed by atoms with van der Waals surface area (Å²) in [5, 5.41) is 4.29. The zero-order valence-corrected chi connectivity index (χ0v) is 17.1. The van der Waals surface area contributed by atoms with Gasteiger partial charge in [0.2, 0.25) is 10.0 Å². The normalized spacial score (nSPS) is 11.7. The number of hydrogen-bond acceptors (Lipinski definition) is 6. The summed E-state index contributed by atoms with van der Waals surface area (Å²) in [5.74, 6) is 1.44. The number of rotatable bonds is 8. The molecule has 9 heteroatoms. The Morgan fingerprint density at radius 3 is 2.64 bits per heavy atom. The number of nitrogens with zero attached hydrogens (tertiary/aromatic N) is 3. The van der Waals surface area contributed by atoms with Gasteiger partial charge < -0.3 is 9.26 Å². The minimum Gasteiger partial charge on any atom is -0.484 e. The molecule has 1 aromatic heterocycles. The van der Waals surface area contributed by atoms with Crippen LogP contribution in [0, 0.1) is 6.92 Å². The Balaban J connectivity index is 1.59. The van der Waals surface area contributed by atoms with Gasteiger partial charge in [-0.25, -0.2) is 12.7 Å². The molecule has 3 rings (SSSR count). The minimum absolute atomic E-state index is 0.146. The molecule has 3 aromatic rings. The highest BCUT2D eigenvalue weighted by atomic mass is 35.5. The van der Waals surface area contributed by atoms with Gasteiger partial charge >= 0.3 is 0 Å². The summed E-state index contributed by atoms with van der Waals surface area (Å²) < 4.78 is 37.5. The molecule has 0 amide bonds. The van der Waals surface area contributed by atoms with Crippen molar-refractivity contribution in [2.45, 2.75) is 24.8 Å². The molecule has 0 spiro atoms. The lowest BCUT2D eigenvalue weighted by Crippen LogP contribution is -2.29. The third kappa shape index (κ3) is 4.70. The first-order valence-electron chi connectivity index (χ1n) is 8.58. The van der Waals surface area contributed by atoms with Crippen molar-refractivity contribution in [1.29, 1.82) is 0 Å². The van der Waals surface area contributed by atoms with Crippen molar-refractivity contribution in [3.8, 4) is 5.75 Å². The van der Waals surface area contributed by atoms with Crippen molar-refractivity contribution in [2.24, 2.45) is 0 Å². The maximum absolute atomic E-state index is 12.8. The lowest BCUT2D eigenvalue weighted by atomic mass is 10.2. The van der Waals surface area contributed by atoms with Gasteiger partial charge in [0.15, 0.2) is 12.4 Å². The molecule has 0 aliphatic carbocycles. The fourth-order valence-electron chi connectivity index (χ4n) is 2.52. The molecule has 148 valence electrons. The van der Waals surface area contributed by atoms with Crippen molar-refractivity contribution in [3.63, 3.8) is 0 Å². The second-order valence-electron chi connectivity index (χ2n) is 6.15. The van der Waals surface area contributed by atoms with Gasteiger partial charge in [-0.3, -0.25) is 0 Å². The number of hydrogen-bond donors (Lipinski definition) is 0. The third-order valence-corrected chi connectivity index (χ3v) is 6.58. The molecule has 0 aliphatic heterocycles. The molecule has 0 saturated heterocycles. The molecule has 0 bridgehead atoms. The second-order valence-corrected chi connectivity index (χ2v) is 8.57. The first-order valence-corrected chi connectivity index (χ1v) is 10.4. The van der Waals surface area contributed by atoms with Crippen LogP contribution in [-0.2, 0) is 23.1 Å². The summed E-state index contributed by atoms with van der Waals surface area (Å²) in [4.78, 5) is 4.43. The molecular formula is C19H20ClN3O4S. The molecule has 0 fully saturated rings. The van der Waals surface area contributed by atoms with E-state index in [9.17, 15) is 8.42 Å². The summed E-state index contributed by atoms with van der Waals surface area (Å²) in [7, 11) is -2.15. The number of halogens is 1. The van der Waals surface area contributed by atoms with Crippen LogP contribution < -0.4 is 4.74 Å². The summed E-state index contributed by atoms with van der Waals surface area (Å²) in [6.07, 6.45) is 0.310. The van der Waals surface area contributed by atoms with Crippen LogP contribution in [0.5, 0.6) is 5.75 Å². The lowest BCUT2D eigenvalue weighted by Gasteiger charge is -2.18. The summed E-state index contributed by atoms with van der Waals surface area (Å²) in [5.41, 5.74) is 0.524. The maximum atomic E-state index is 12.8. The fourth-order valence-corrected chi connectivity index (χ4v) is 4.17. The first-order chi connectivity index (χ1) is 13.4. The van der Waals surface area contributed by atoms with E-state index in [1.165, 1.54) is 11.4 Å². The summed E-state index contributed by atoms with van der Waals surface area (Å²) >= 11 is 6.05. The van der Waals surface area contributed by atoms with Crippen molar-refractivity contribution >= 4 is 21.6 Å². The lowest BCUT2D eigenvalue weighted by molar-refractivity contribution is 0.242. The largest absolute Gasteiger partial charge is 0.484 e. The van der Waals surface area contributed by atoms with Gasteiger partial charge in [-0.2, -0.15) is 4.98 Å². The van der Waals surface area contributed by atoms with Crippen molar-refractivity contribution < 1.29 is 17.7 Å². The van der Waals surface area contributed by atoms with Gasteiger partial charge in [0.05, 0.1) is 4.90 Å². The van der Waals surface area contributed by atoms with E-state index in [2.05, 4.69) is 10.1 Å². The second kappa shape index (κ2) is 8.72. The average molecular weight is 422 g/mol. The Morgan fingerprint density at radius 1 is 1.14 bits per heavy atom. The highest BCUT2D eigenvalue weighted by molar-refractivity contribution is 7.89. The van der Waals surface area contributed by atoms with Crippen LogP contribution in [-0.4, -0.2) is 36.5 Å². The SMILES string of the molecule is Cc1c(Cl)cccc1S(=O)(=O)N(C)CCc1noc(COc2ccccc2)n1. The van der Waals surface area contributed by atoms with Crippen LogP contribution in [0.15, 0.2) is 57.9 Å². The monoisotopic (exact) mass is 421 g/mol. The van der Waals surface area contributed by atoms with E-state index < -0.39 is 10.0 Å². The standard InChI is InChI=1S/C19H20ClN3O4S/c1-14-16(20)9-6-10-17(14)28(24,25)23(2)12-11-18-21-19(27-22-18)13-26-15-7-4-3-5-8-15/h3-10H,11-13H2,1-2H3. The number of sulfonamides is 1. The molecule has 0 unspecified atom stereocenters. The smallest absolute Gasteiger partial charge is 0.264 e. The number of benzene rings is 2. The summed E-state index contributed by atoms with van der Waals surface area (Å²) in [6.45, 7) is 2.03. The van der Waals surface area contributed by atoms with E-state index >= 15 is 0 Å². The van der Waals surface area contributed by atoms with E-state index in [0.29, 0.717) is 34.5 Å². The molecule has 28 heavy (non-hydrogen) atoms. The minimum atomic E-state index is -3.66. The van der Waals surface area contributed by atoms with E-state index in [4.69, 9.17) is 20.9 Å². The molecule has 2 aromatic carbocycles. The molecular weight excluding hydrogens is 402 g/mol. The predicted octanol–water partition coefficient (Wildman–Crippen LogP) is 3.47. The molecule has 7 nitrogen and oxygen atoms in total. The van der Waals surface area contributed by atoms with Crippen LogP contribution in [0.25, 0.3) is 0 Å². The van der Waals surface area contributed by atoms with Crippen molar-refractivity contribution in [1.82, 2.24) is 14.4 Å². The topological polar surface area (TPSA) is 85.5 Å². The molecule has 1 heterocycles. The Morgan fingerprint density at radius 2 is 1.89 bits per heavy atom. The molecule has 0 saturated carbocycles. The van der Waals surface area contributed by atoms with E-state index in [1.54, 1.807) is 25.1 Å². The van der Waals surface area contributed by atoms with Gasteiger partial charge in [0.25, 0.3) is 5.89 Å². The molecule has 0 atom stereocenters. The Hall–Kier alpha value is -2.42. The highest BCUT2D eigenvalue weighted by Crippen LogP contribution is 2.25. The van der Waals surface area contributed by atoms with E-state index in [1.807, 2.05) is 30.3 Å². The van der Waals surface area contributed by atoms with Crippen LogP contribution >= 0.6 is 11.6 Å². The maximum Gasteiger partial charge on any atom is 0.264 e. The molecule has 0 aliphatic rings. The average Bonchev–Trinajstić information content (AvgIpc) is 3.15. The molecule has 0 N–H and O–H groups in total. The van der Waals surface area contributed by atoms with Crippen LogP contribution in [0.4, 0.5) is 0 Å². The van der Waals surface area contributed by atoms with Crippen molar-refractivity contribution in [2.75, 3.05) is 13.6 Å². The van der Waals surface area contributed by atoms with Gasteiger partial charge in [-0.15, -0.1) is 0 Å². The Labute approximate surface area is 168 Å².